The Kier molecular flexibility index (Phi) is 9.47. The molecule has 0 saturated carbocycles. The van der Waals surface area contributed by atoms with Crippen LogP contribution >= 0.6 is 0 Å². The van der Waals surface area contributed by atoms with Gasteiger partial charge in [-0.05, 0) is 72.1 Å². The van der Waals surface area contributed by atoms with E-state index in [0.717, 1.165) is 11.1 Å². The third-order valence-electron chi connectivity index (χ3n) is 8.10. The van der Waals surface area contributed by atoms with Gasteiger partial charge in [0.2, 0.25) is 5.91 Å². The second-order valence-corrected chi connectivity index (χ2v) is 11.1. The van der Waals surface area contributed by atoms with Crippen LogP contribution in [0.1, 0.15) is 63.9 Å². The van der Waals surface area contributed by atoms with Gasteiger partial charge in [-0.3, -0.25) is 19.2 Å². The predicted molar refractivity (Wildman–Crippen MR) is 155 cm³/mol. The lowest BCUT2D eigenvalue weighted by molar-refractivity contribution is -0.138. The quantitative estimate of drug-likeness (QED) is 0.128. The van der Waals surface area contributed by atoms with Gasteiger partial charge in [-0.15, -0.1) is 0 Å². The number of fused-ring (bicyclic) bond motifs is 2. The normalized spacial score (nSPS) is 19.7. The summed E-state index contributed by atoms with van der Waals surface area (Å²) >= 11 is 0. The fraction of sp³-hybridized carbons (Fsp3) is 0.429. The number of aliphatic carboxylic acids is 1. The minimum Gasteiger partial charge on any atom is -0.481 e. The van der Waals surface area contributed by atoms with E-state index < -0.39 is 56.1 Å². The van der Waals surface area contributed by atoms with Gasteiger partial charge in [0.15, 0.2) is 0 Å². The van der Waals surface area contributed by atoms with Crippen molar-refractivity contribution in [2.45, 2.75) is 63.4 Å². The van der Waals surface area contributed by atoms with Crippen LogP contribution < -0.4 is 27.3 Å². The van der Waals surface area contributed by atoms with Gasteiger partial charge in [-0.2, -0.15) is 0 Å². The van der Waals surface area contributed by atoms with E-state index in [1.54, 1.807) is 30.3 Å². The molecule has 0 bridgehead atoms. The Balaban J connectivity index is 1.35. The number of likely N-dealkylation sites (tertiary alicyclic amines) is 1. The van der Waals surface area contributed by atoms with Crippen molar-refractivity contribution < 1.29 is 43.6 Å². The zero-order valence-electron chi connectivity index (χ0n) is 23.5. The fourth-order valence-electron chi connectivity index (χ4n) is 5.82. The van der Waals surface area contributed by atoms with Crippen molar-refractivity contribution >= 4 is 48.9 Å². The van der Waals surface area contributed by atoms with Crippen LogP contribution in [0.5, 0.6) is 0 Å². The summed E-state index contributed by atoms with van der Waals surface area (Å²) in [7, 11) is -2.27. The first-order valence-corrected chi connectivity index (χ1v) is 14.3. The largest absolute Gasteiger partial charge is 0.491 e. The number of rotatable bonds is 11. The van der Waals surface area contributed by atoms with Crippen LogP contribution in [0.25, 0.3) is 0 Å². The number of carboxylic acids is 1. The standard InChI is InChI=1S/C28H34B2N4O9/c31-8-2-1-3-20(12-25(35)36)32-27(38)24-11-21(33-26(37)16-4-6-18-14-42-29(40)22(18)9-16)13-34(24)28(39)17-5-7-19-15-43-30(41)23(19)10-17/h4-7,9-10,20-21,24,40-41H,1-3,8,11-15,31H2,(H,32,38)(H,33,37)(H,35,36)/t20-,21?,24-/m0/s1. The number of carbonyl (C=O) groups is 4. The molecule has 226 valence electrons. The molecule has 2 aromatic carbocycles. The fourth-order valence-corrected chi connectivity index (χ4v) is 5.82. The number of hydrogen-bond donors (Lipinski definition) is 6. The second kappa shape index (κ2) is 13.3. The highest BCUT2D eigenvalue weighted by molar-refractivity contribution is 6.62. The molecule has 1 saturated heterocycles. The summed E-state index contributed by atoms with van der Waals surface area (Å²) in [5.41, 5.74) is 8.63. The third-order valence-corrected chi connectivity index (χ3v) is 8.10. The van der Waals surface area contributed by atoms with E-state index in [4.69, 9.17) is 15.0 Å². The number of nitrogens with two attached hydrogens (primary N) is 1. The van der Waals surface area contributed by atoms with Crippen molar-refractivity contribution in [2.75, 3.05) is 13.1 Å². The number of nitrogens with one attached hydrogen (secondary N) is 2. The molecule has 15 heteroatoms. The van der Waals surface area contributed by atoms with Crippen LogP contribution in [0.3, 0.4) is 0 Å². The average molecular weight is 592 g/mol. The lowest BCUT2D eigenvalue weighted by Crippen LogP contribution is -2.49. The number of carboxylic acid groups (broad SMARTS) is 1. The number of amides is 3. The van der Waals surface area contributed by atoms with Crippen molar-refractivity contribution in [3.63, 3.8) is 0 Å². The van der Waals surface area contributed by atoms with Crippen molar-refractivity contribution in [1.82, 2.24) is 15.5 Å². The first-order valence-electron chi connectivity index (χ1n) is 14.3. The maximum absolute atomic E-state index is 13.8. The molecular formula is C28H34B2N4O9. The Hall–Kier alpha value is -3.75. The summed E-state index contributed by atoms with van der Waals surface area (Å²) in [6.07, 6.45) is 1.52. The number of unbranched alkanes of at least 4 members (excludes halogenated alkanes) is 1. The number of hydrogen-bond acceptors (Lipinski definition) is 9. The Morgan fingerprint density at radius 1 is 0.977 bits per heavy atom. The van der Waals surface area contributed by atoms with E-state index >= 15 is 0 Å². The van der Waals surface area contributed by atoms with Crippen LogP contribution in [0.2, 0.25) is 0 Å². The molecule has 7 N–H and O–H groups in total. The SMILES string of the molecule is NCCCC[C@@H](CC(=O)O)NC(=O)[C@@H]1CC(NC(=O)c2ccc3c(c2)B(O)OC3)CN1C(=O)c1ccc2c(c1)B(O)OC2. The summed E-state index contributed by atoms with van der Waals surface area (Å²) in [4.78, 5) is 53.4. The first-order chi connectivity index (χ1) is 20.6. The molecule has 0 aliphatic carbocycles. The molecule has 1 unspecified atom stereocenters. The lowest BCUT2D eigenvalue weighted by Gasteiger charge is -2.26. The van der Waals surface area contributed by atoms with Gasteiger partial charge in [0.25, 0.3) is 11.8 Å². The molecule has 1 fully saturated rings. The highest BCUT2D eigenvalue weighted by Crippen LogP contribution is 2.23. The molecule has 3 atom stereocenters. The van der Waals surface area contributed by atoms with Gasteiger partial charge in [-0.25, -0.2) is 0 Å². The molecule has 3 heterocycles. The summed E-state index contributed by atoms with van der Waals surface area (Å²) in [6, 6.07) is 7.46. The van der Waals surface area contributed by atoms with Gasteiger partial charge in [0.1, 0.15) is 6.04 Å². The van der Waals surface area contributed by atoms with E-state index in [1.807, 2.05) is 0 Å². The predicted octanol–water partition coefficient (Wildman–Crippen LogP) is -1.78. The first kappa shape index (κ1) is 30.7. The number of nitrogens with zero attached hydrogens (tertiary/aromatic N) is 1. The van der Waals surface area contributed by atoms with E-state index in [0.29, 0.717) is 42.3 Å². The zero-order chi connectivity index (χ0) is 30.7. The van der Waals surface area contributed by atoms with E-state index in [9.17, 15) is 34.3 Å². The minimum atomic E-state index is -1.16. The van der Waals surface area contributed by atoms with Crippen LogP contribution in [0.4, 0.5) is 0 Å². The highest BCUT2D eigenvalue weighted by Gasteiger charge is 2.42. The Morgan fingerprint density at radius 2 is 1.60 bits per heavy atom. The molecule has 0 radical (unpaired) electrons. The average Bonchev–Trinajstić information content (AvgIpc) is 3.69. The molecule has 3 aliphatic heterocycles. The van der Waals surface area contributed by atoms with Crippen molar-refractivity contribution in [3.8, 4) is 0 Å². The Morgan fingerprint density at radius 3 is 2.23 bits per heavy atom. The maximum atomic E-state index is 13.8. The summed E-state index contributed by atoms with van der Waals surface area (Å²) in [6.45, 7) is 0.924. The molecule has 3 aliphatic rings. The topological polar surface area (TPSA) is 201 Å². The lowest BCUT2D eigenvalue weighted by atomic mass is 9.78. The van der Waals surface area contributed by atoms with Crippen molar-refractivity contribution in [3.05, 3.63) is 58.7 Å². The Labute approximate surface area is 249 Å². The molecule has 13 nitrogen and oxygen atoms in total. The van der Waals surface area contributed by atoms with Gasteiger partial charge < -0.3 is 45.7 Å². The summed E-state index contributed by atoms with van der Waals surface area (Å²) < 4.78 is 10.4. The molecular weight excluding hydrogens is 558 g/mol. The number of benzene rings is 2. The van der Waals surface area contributed by atoms with Crippen LogP contribution in [0, 0.1) is 0 Å². The molecule has 5 rings (SSSR count). The van der Waals surface area contributed by atoms with Crippen LogP contribution in [0.15, 0.2) is 36.4 Å². The minimum absolute atomic E-state index is 0.0201. The maximum Gasteiger partial charge on any atom is 0.491 e. The molecule has 0 spiro atoms. The summed E-state index contributed by atoms with van der Waals surface area (Å²) in [5.74, 6) is -2.50. The van der Waals surface area contributed by atoms with Crippen molar-refractivity contribution in [1.29, 1.82) is 0 Å². The highest BCUT2D eigenvalue weighted by atomic mass is 16.5. The molecule has 3 amide bonds. The smallest absolute Gasteiger partial charge is 0.481 e. The third kappa shape index (κ3) is 6.92. The van der Waals surface area contributed by atoms with E-state index in [1.165, 1.54) is 11.0 Å². The zero-order valence-corrected chi connectivity index (χ0v) is 23.5. The molecule has 0 aromatic heterocycles. The van der Waals surface area contributed by atoms with E-state index in [2.05, 4.69) is 10.6 Å². The molecule has 43 heavy (non-hydrogen) atoms. The van der Waals surface area contributed by atoms with E-state index in [-0.39, 0.29) is 38.2 Å². The monoisotopic (exact) mass is 592 g/mol. The van der Waals surface area contributed by atoms with Crippen LogP contribution in [-0.4, -0.2) is 89.2 Å². The van der Waals surface area contributed by atoms with Gasteiger partial charge in [-0.1, -0.05) is 18.6 Å². The van der Waals surface area contributed by atoms with Gasteiger partial charge in [0, 0.05) is 29.8 Å². The van der Waals surface area contributed by atoms with Crippen molar-refractivity contribution in [2.24, 2.45) is 5.73 Å². The second-order valence-electron chi connectivity index (χ2n) is 11.1. The Bertz CT molecular complexity index is 1410. The molecule has 2 aromatic rings. The summed E-state index contributed by atoms with van der Waals surface area (Å²) in [5, 5.41) is 35.3. The van der Waals surface area contributed by atoms with Gasteiger partial charge >= 0.3 is 20.2 Å². The van der Waals surface area contributed by atoms with Gasteiger partial charge in [0.05, 0.1) is 19.6 Å². The number of carbonyl (C=O) groups excluding carboxylic acids is 3. The van der Waals surface area contributed by atoms with Crippen LogP contribution in [-0.2, 0) is 32.1 Å².